The molecule has 1 aliphatic heterocycles. The number of hydrogen-bond donors (Lipinski definition) is 0. The molecule has 1 heterocycles. The Labute approximate surface area is 167 Å². The molecule has 0 bridgehead atoms. The first-order valence-electron chi connectivity index (χ1n) is 9.06. The highest BCUT2D eigenvalue weighted by molar-refractivity contribution is 5.98. The van der Waals surface area contributed by atoms with Crippen molar-refractivity contribution in [2.75, 3.05) is 20.0 Å². The van der Waals surface area contributed by atoms with Crippen molar-refractivity contribution in [1.82, 2.24) is 0 Å². The molecule has 0 aliphatic carbocycles. The van der Waals surface area contributed by atoms with Gasteiger partial charge in [0, 0.05) is 5.56 Å². The summed E-state index contributed by atoms with van der Waals surface area (Å²) in [6, 6.07) is 22.2. The van der Waals surface area contributed by atoms with Crippen LogP contribution in [0.1, 0.15) is 10.4 Å². The van der Waals surface area contributed by atoms with E-state index in [0.29, 0.717) is 22.8 Å². The van der Waals surface area contributed by atoms with Crippen LogP contribution in [0.3, 0.4) is 0 Å². The minimum Gasteiger partial charge on any atom is -0.482 e. The first-order valence-corrected chi connectivity index (χ1v) is 9.06. The number of ether oxygens (including phenoxy) is 4. The monoisotopic (exact) mass is 390 g/mol. The molecule has 3 aromatic carbocycles. The van der Waals surface area contributed by atoms with Crippen LogP contribution < -0.4 is 14.2 Å². The maximum atomic E-state index is 12.2. The lowest BCUT2D eigenvalue weighted by atomic mass is 10.1. The van der Waals surface area contributed by atoms with Gasteiger partial charge in [-0.2, -0.15) is 0 Å². The van der Waals surface area contributed by atoms with Gasteiger partial charge in [-0.1, -0.05) is 42.5 Å². The van der Waals surface area contributed by atoms with Crippen LogP contribution in [0.2, 0.25) is 0 Å². The van der Waals surface area contributed by atoms with E-state index in [0.717, 1.165) is 11.1 Å². The Hall–Kier alpha value is -3.80. The van der Waals surface area contributed by atoms with E-state index in [1.54, 1.807) is 30.3 Å². The van der Waals surface area contributed by atoms with E-state index < -0.39 is 5.97 Å². The molecule has 3 aromatic rings. The number of rotatable bonds is 7. The topological polar surface area (TPSA) is 71.1 Å². The van der Waals surface area contributed by atoms with Gasteiger partial charge in [0.25, 0.3) is 0 Å². The second-order valence-corrected chi connectivity index (χ2v) is 6.33. The molecular weight excluding hydrogens is 372 g/mol. The molecule has 0 N–H and O–H groups in total. The van der Waals surface area contributed by atoms with Gasteiger partial charge in [0.2, 0.25) is 6.79 Å². The third kappa shape index (κ3) is 4.55. The van der Waals surface area contributed by atoms with Crippen LogP contribution in [0.15, 0.2) is 72.8 Å². The Morgan fingerprint density at radius 2 is 1.52 bits per heavy atom. The van der Waals surface area contributed by atoms with E-state index >= 15 is 0 Å². The van der Waals surface area contributed by atoms with E-state index in [9.17, 15) is 9.59 Å². The highest BCUT2D eigenvalue weighted by Gasteiger charge is 2.17. The Bertz CT molecular complexity index is 1010. The molecule has 146 valence electrons. The van der Waals surface area contributed by atoms with Gasteiger partial charge in [-0.15, -0.1) is 0 Å². The molecular formula is C23H18O6. The molecule has 0 aromatic heterocycles. The summed E-state index contributed by atoms with van der Waals surface area (Å²) in [6.45, 7) is -0.514. The standard InChI is InChI=1S/C23H18O6/c24-20(18-8-11-21-22(12-18)29-15-28-21)13-27-23(25)14-26-19-9-6-17(7-10-19)16-4-2-1-3-5-16/h1-12H,13-15H2. The van der Waals surface area contributed by atoms with Crippen LogP contribution in [-0.4, -0.2) is 31.8 Å². The number of benzene rings is 3. The van der Waals surface area contributed by atoms with E-state index in [-0.39, 0.29) is 25.8 Å². The molecule has 0 unspecified atom stereocenters. The Morgan fingerprint density at radius 1 is 0.793 bits per heavy atom. The predicted molar refractivity (Wildman–Crippen MR) is 105 cm³/mol. The van der Waals surface area contributed by atoms with E-state index in [1.165, 1.54) is 0 Å². The van der Waals surface area contributed by atoms with Crippen molar-refractivity contribution in [1.29, 1.82) is 0 Å². The lowest BCUT2D eigenvalue weighted by molar-refractivity contribution is -0.144. The van der Waals surface area contributed by atoms with Gasteiger partial charge in [0.1, 0.15) is 5.75 Å². The summed E-state index contributed by atoms with van der Waals surface area (Å²) in [5.41, 5.74) is 2.54. The van der Waals surface area contributed by atoms with Crippen LogP contribution in [-0.2, 0) is 9.53 Å². The third-order valence-corrected chi connectivity index (χ3v) is 4.38. The summed E-state index contributed by atoms with van der Waals surface area (Å²) in [7, 11) is 0. The molecule has 29 heavy (non-hydrogen) atoms. The minimum atomic E-state index is -0.619. The zero-order chi connectivity index (χ0) is 20.1. The van der Waals surface area contributed by atoms with Crippen molar-refractivity contribution in [3.8, 4) is 28.4 Å². The van der Waals surface area contributed by atoms with Gasteiger partial charge in [-0.25, -0.2) is 4.79 Å². The average Bonchev–Trinajstić information content (AvgIpc) is 3.25. The van der Waals surface area contributed by atoms with E-state index in [4.69, 9.17) is 18.9 Å². The quantitative estimate of drug-likeness (QED) is 0.450. The molecule has 6 heteroatoms. The number of hydrogen-bond acceptors (Lipinski definition) is 6. The smallest absolute Gasteiger partial charge is 0.344 e. The molecule has 0 amide bonds. The number of fused-ring (bicyclic) bond motifs is 1. The number of esters is 1. The number of carbonyl (C=O) groups is 2. The van der Waals surface area contributed by atoms with Gasteiger partial charge >= 0.3 is 5.97 Å². The summed E-state index contributed by atoms with van der Waals surface area (Å²) < 4.78 is 20.9. The SMILES string of the molecule is O=C(COc1ccc(-c2ccccc2)cc1)OCC(=O)c1ccc2c(c1)OCO2. The maximum Gasteiger partial charge on any atom is 0.344 e. The first kappa shape index (κ1) is 18.6. The van der Waals surface area contributed by atoms with Gasteiger partial charge in [-0.3, -0.25) is 4.79 Å². The predicted octanol–water partition coefficient (Wildman–Crippen LogP) is 3.89. The summed E-state index contributed by atoms with van der Waals surface area (Å²) in [5.74, 6) is 0.688. The summed E-state index contributed by atoms with van der Waals surface area (Å²) in [4.78, 5) is 24.1. The van der Waals surface area contributed by atoms with Gasteiger partial charge in [0.05, 0.1) is 0 Å². The lowest BCUT2D eigenvalue weighted by Gasteiger charge is -2.08. The molecule has 6 nitrogen and oxygen atoms in total. The van der Waals surface area contributed by atoms with E-state index in [1.807, 2.05) is 42.5 Å². The Balaban J connectivity index is 1.25. The molecule has 0 spiro atoms. The van der Waals surface area contributed by atoms with Crippen molar-refractivity contribution in [3.05, 3.63) is 78.4 Å². The van der Waals surface area contributed by atoms with Crippen LogP contribution in [0, 0.1) is 0 Å². The maximum absolute atomic E-state index is 12.2. The highest BCUT2D eigenvalue weighted by Crippen LogP contribution is 2.32. The highest BCUT2D eigenvalue weighted by atomic mass is 16.7. The third-order valence-electron chi connectivity index (χ3n) is 4.38. The van der Waals surface area contributed by atoms with Crippen molar-refractivity contribution < 1.29 is 28.5 Å². The zero-order valence-electron chi connectivity index (χ0n) is 15.5. The summed E-state index contributed by atoms with van der Waals surface area (Å²) >= 11 is 0. The second-order valence-electron chi connectivity index (χ2n) is 6.33. The normalized spacial score (nSPS) is 11.7. The fraction of sp³-hybridized carbons (Fsp3) is 0.130. The number of ketones is 1. The molecule has 0 atom stereocenters. The summed E-state index contributed by atoms with van der Waals surface area (Å²) in [6.07, 6.45) is 0. The van der Waals surface area contributed by atoms with Crippen molar-refractivity contribution in [2.45, 2.75) is 0 Å². The molecule has 0 saturated carbocycles. The lowest BCUT2D eigenvalue weighted by Crippen LogP contribution is -2.19. The summed E-state index contributed by atoms with van der Waals surface area (Å²) in [5, 5.41) is 0. The average molecular weight is 390 g/mol. The van der Waals surface area contributed by atoms with Crippen LogP contribution in [0.5, 0.6) is 17.2 Å². The first-order chi connectivity index (χ1) is 14.2. The van der Waals surface area contributed by atoms with Crippen molar-refractivity contribution in [2.24, 2.45) is 0 Å². The van der Waals surface area contributed by atoms with Crippen LogP contribution in [0.4, 0.5) is 0 Å². The van der Waals surface area contributed by atoms with Crippen molar-refractivity contribution in [3.63, 3.8) is 0 Å². The molecule has 0 saturated heterocycles. The number of Topliss-reactive ketones (excluding diaryl/α,β-unsaturated/α-hetero) is 1. The minimum absolute atomic E-state index is 0.131. The zero-order valence-corrected chi connectivity index (χ0v) is 15.5. The Kier molecular flexibility index (Phi) is 5.42. The molecule has 0 fully saturated rings. The van der Waals surface area contributed by atoms with Gasteiger partial charge in [0.15, 0.2) is 30.5 Å². The van der Waals surface area contributed by atoms with Crippen LogP contribution in [0.25, 0.3) is 11.1 Å². The largest absolute Gasteiger partial charge is 0.482 e. The Morgan fingerprint density at radius 3 is 2.31 bits per heavy atom. The van der Waals surface area contributed by atoms with E-state index in [2.05, 4.69) is 0 Å². The van der Waals surface area contributed by atoms with Gasteiger partial charge < -0.3 is 18.9 Å². The van der Waals surface area contributed by atoms with Crippen LogP contribution >= 0.6 is 0 Å². The fourth-order valence-corrected chi connectivity index (χ4v) is 2.86. The molecule has 0 radical (unpaired) electrons. The van der Waals surface area contributed by atoms with Gasteiger partial charge in [-0.05, 0) is 41.5 Å². The fourth-order valence-electron chi connectivity index (χ4n) is 2.86. The molecule has 4 rings (SSSR count). The number of carbonyl (C=O) groups excluding carboxylic acids is 2. The molecule has 1 aliphatic rings. The van der Waals surface area contributed by atoms with Crippen molar-refractivity contribution >= 4 is 11.8 Å². The second kappa shape index (κ2) is 8.48.